The Bertz CT molecular complexity index is 1030. The van der Waals surface area contributed by atoms with Crippen LogP contribution < -0.4 is 10.1 Å². The summed E-state index contributed by atoms with van der Waals surface area (Å²) in [5.74, 6) is 0.409. The molecule has 2 aromatic carbocycles. The maximum absolute atomic E-state index is 12.8. The molecule has 1 unspecified atom stereocenters. The standard InChI is InChI=1S/C20H18BrN3O3/c1-27-18-7-6-14(21)8-13(18)11-24-19(25)17(23-20(24)26)9-12-10-22-16-5-3-2-4-15(12)16/h2-8,10,17,22H,9,11H2,1H3,(H,23,26). The quantitative estimate of drug-likeness (QED) is 0.610. The number of rotatable bonds is 5. The van der Waals surface area contributed by atoms with E-state index in [-0.39, 0.29) is 18.5 Å². The third kappa shape index (κ3) is 3.30. The highest BCUT2D eigenvalue weighted by molar-refractivity contribution is 9.10. The first-order valence-corrected chi connectivity index (χ1v) is 9.35. The van der Waals surface area contributed by atoms with Gasteiger partial charge in [0.2, 0.25) is 0 Å². The van der Waals surface area contributed by atoms with Crippen LogP contribution in [0.3, 0.4) is 0 Å². The Morgan fingerprint density at radius 1 is 1.15 bits per heavy atom. The fourth-order valence-electron chi connectivity index (χ4n) is 3.43. The molecule has 0 bridgehead atoms. The molecule has 4 rings (SSSR count). The van der Waals surface area contributed by atoms with Crippen molar-refractivity contribution < 1.29 is 14.3 Å². The zero-order valence-corrected chi connectivity index (χ0v) is 16.2. The van der Waals surface area contributed by atoms with Crippen molar-refractivity contribution in [1.82, 2.24) is 15.2 Å². The number of amides is 3. The smallest absolute Gasteiger partial charge is 0.325 e. The molecule has 1 saturated heterocycles. The van der Waals surface area contributed by atoms with Crippen LogP contribution in [-0.2, 0) is 17.8 Å². The number of nitrogens with zero attached hydrogens (tertiary/aromatic N) is 1. The molecule has 138 valence electrons. The van der Waals surface area contributed by atoms with E-state index >= 15 is 0 Å². The van der Waals surface area contributed by atoms with Crippen LogP contribution in [0.2, 0.25) is 0 Å². The number of urea groups is 1. The van der Waals surface area contributed by atoms with Gasteiger partial charge in [-0.2, -0.15) is 0 Å². The van der Waals surface area contributed by atoms with E-state index in [9.17, 15) is 9.59 Å². The minimum atomic E-state index is -0.574. The van der Waals surface area contributed by atoms with E-state index in [2.05, 4.69) is 26.2 Å². The van der Waals surface area contributed by atoms with Gasteiger partial charge in [0.15, 0.2) is 0 Å². The summed E-state index contributed by atoms with van der Waals surface area (Å²) in [6.45, 7) is 0.164. The second-order valence-corrected chi connectivity index (χ2v) is 7.36. The van der Waals surface area contributed by atoms with Gasteiger partial charge < -0.3 is 15.0 Å². The molecule has 0 spiro atoms. The first-order chi connectivity index (χ1) is 13.1. The van der Waals surface area contributed by atoms with Crippen LogP contribution in [0.1, 0.15) is 11.1 Å². The maximum atomic E-state index is 12.8. The molecule has 0 aliphatic carbocycles. The van der Waals surface area contributed by atoms with Crippen molar-refractivity contribution in [2.75, 3.05) is 7.11 Å². The minimum Gasteiger partial charge on any atom is -0.496 e. The fraction of sp³-hybridized carbons (Fsp3) is 0.200. The summed E-state index contributed by atoms with van der Waals surface area (Å²) in [5, 5.41) is 3.86. The number of para-hydroxylation sites is 1. The average Bonchev–Trinajstić information content (AvgIpc) is 3.19. The predicted molar refractivity (Wildman–Crippen MR) is 106 cm³/mol. The van der Waals surface area contributed by atoms with Crippen LogP contribution in [0.15, 0.2) is 53.1 Å². The van der Waals surface area contributed by atoms with E-state index in [0.29, 0.717) is 12.2 Å². The van der Waals surface area contributed by atoms with Crippen molar-refractivity contribution in [2.45, 2.75) is 19.0 Å². The number of fused-ring (bicyclic) bond motifs is 1. The van der Waals surface area contributed by atoms with Gasteiger partial charge in [0, 0.05) is 33.6 Å². The summed E-state index contributed by atoms with van der Waals surface area (Å²) in [6.07, 6.45) is 2.34. The highest BCUT2D eigenvalue weighted by Crippen LogP contribution is 2.26. The van der Waals surface area contributed by atoms with Gasteiger partial charge in [-0.25, -0.2) is 4.79 Å². The molecule has 27 heavy (non-hydrogen) atoms. The molecule has 1 aliphatic heterocycles. The number of ether oxygens (including phenoxy) is 1. The zero-order chi connectivity index (χ0) is 19.0. The fourth-order valence-corrected chi connectivity index (χ4v) is 3.83. The van der Waals surface area contributed by atoms with E-state index in [0.717, 1.165) is 26.5 Å². The number of aromatic nitrogens is 1. The molecular formula is C20H18BrN3O3. The summed E-state index contributed by atoms with van der Waals surface area (Å²) >= 11 is 3.42. The van der Waals surface area contributed by atoms with E-state index in [1.165, 1.54) is 4.90 Å². The SMILES string of the molecule is COc1ccc(Br)cc1CN1C(=O)NC(Cc2c[nH]c3ccccc23)C1=O. The summed E-state index contributed by atoms with van der Waals surface area (Å²) in [7, 11) is 1.57. The van der Waals surface area contributed by atoms with Crippen LogP contribution >= 0.6 is 15.9 Å². The lowest BCUT2D eigenvalue weighted by atomic mass is 10.0. The number of H-pyrrole nitrogens is 1. The van der Waals surface area contributed by atoms with E-state index < -0.39 is 6.04 Å². The van der Waals surface area contributed by atoms with Gasteiger partial charge in [-0.05, 0) is 29.8 Å². The van der Waals surface area contributed by atoms with Gasteiger partial charge in [0.25, 0.3) is 5.91 Å². The van der Waals surface area contributed by atoms with Gasteiger partial charge in [-0.1, -0.05) is 34.1 Å². The highest BCUT2D eigenvalue weighted by atomic mass is 79.9. The molecule has 3 aromatic rings. The van der Waals surface area contributed by atoms with Crippen LogP contribution in [0.4, 0.5) is 4.79 Å². The number of hydrogen-bond acceptors (Lipinski definition) is 3. The third-order valence-corrected chi connectivity index (χ3v) is 5.27. The lowest BCUT2D eigenvalue weighted by Crippen LogP contribution is -2.32. The molecule has 2 heterocycles. The molecule has 0 radical (unpaired) electrons. The highest BCUT2D eigenvalue weighted by Gasteiger charge is 2.38. The van der Waals surface area contributed by atoms with Crippen molar-refractivity contribution >= 4 is 38.8 Å². The summed E-state index contributed by atoms with van der Waals surface area (Å²) in [6, 6.07) is 12.5. The van der Waals surface area contributed by atoms with Crippen LogP contribution in [0.25, 0.3) is 10.9 Å². The van der Waals surface area contributed by atoms with Crippen LogP contribution in [-0.4, -0.2) is 35.0 Å². The molecule has 0 saturated carbocycles. The van der Waals surface area contributed by atoms with Gasteiger partial charge in [-0.3, -0.25) is 9.69 Å². The second-order valence-electron chi connectivity index (χ2n) is 6.45. The van der Waals surface area contributed by atoms with Gasteiger partial charge in [0.1, 0.15) is 11.8 Å². The number of benzene rings is 2. The van der Waals surface area contributed by atoms with Crippen molar-refractivity contribution in [3.8, 4) is 5.75 Å². The summed E-state index contributed by atoms with van der Waals surface area (Å²) in [5.41, 5.74) is 2.79. The lowest BCUT2D eigenvalue weighted by molar-refractivity contribution is -0.127. The maximum Gasteiger partial charge on any atom is 0.325 e. The molecule has 1 aliphatic rings. The average molecular weight is 428 g/mol. The molecule has 1 aromatic heterocycles. The van der Waals surface area contributed by atoms with Crippen LogP contribution in [0, 0.1) is 0 Å². The Hall–Kier alpha value is -2.80. The predicted octanol–water partition coefficient (Wildman–Crippen LogP) is 3.60. The Morgan fingerprint density at radius 3 is 2.78 bits per heavy atom. The molecule has 3 amide bonds. The number of hydrogen-bond donors (Lipinski definition) is 2. The molecule has 2 N–H and O–H groups in total. The van der Waals surface area contributed by atoms with Crippen molar-refractivity contribution in [3.63, 3.8) is 0 Å². The van der Waals surface area contributed by atoms with Gasteiger partial charge in [-0.15, -0.1) is 0 Å². The van der Waals surface area contributed by atoms with Crippen molar-refractivity contribution in [2.24, 2.45) is 0 Å². The number of carbonyl (C=O) groups excluding carboxylic acids is 2. The Kier molecular flexibility index (Phi) is 4.61. The Balaban J connectivity index is 1.55. The summed E-state index contributed by atoms with van der Waals surface area (Å²) in [4.78, 5) is 29.7. The number of nitrogens with one attached hydrogen (secondary N) is 2. The van der Waals surface area contributed by atoms with Gasteiger partial charge >= 0.3 is 6.03 Å². The number of halogens is 1. The minimum absolute atomic E-state index is 0.164. The molecule has 7 heteroatoms. The molecule has 1 atom stereocenters. The number of carbonyl (C=O) groups is 2. The van der Waals surface area contributed by atoms with Crippen molar-refractivity contribution in [3.05, 3.63) is 64.3 Å². The molecule has 6 nitrogen and oxygen atoms in total. The van der Waals surface area contributed by atoms with E-state index in [1.807, 2.05) is 42.6 Å². The third-order valence-electron chi connectivity index (χ3n) is 4.78. The molecule has 1 fully saturated rings. The second kappa shape index (κ2) is 7.08. The first kappa shape index (κ1) is 17.6. The number of imide groups is 1. The van der Waals surface area contributed by atoms with E-state index in [1.54, 1.807) is 13.2 Å². The molecular weight excluding hydrogens is 410 g/mol. The summed E-state index contributed by atoms with van der Waals surface area (Å²) < 4.78 is 6.21. The lowest BCUT2D eigenvalue weighted by Gasteiger charge is -2.16. The van der Waals surface area contributed by atoms with E-state index in [4.69, 9.17) is 4.74 Å². The first-order valence-electron chi connectivity index (χ1n) is 8.56. The van der Waals surface area contributed by atoms with Crippen molar-refractivity contribution in [1.29, 1.82) is 0 Å². The largest absolute Gasteiger partial charge is 0.496 e. The Morgan fingerprint density at radius 2 is 1.96 bits per heavy atom. The monoisotopic (exact) mass is 427 g/mol. The van der Waals surface area contributed by atoms with Crippen LogP contribution in [0.5, 0.6) is 5.75 Å². The Labute approximate surface area is 164 Å². The number of aromatic amines is 1. The van der Waals surface area contributed by atoms with Gasteiger partial charge in [0.05, 0.1) is 13.7 Å². The number of methoxy groups -OCH3 is 1. The normalized spacial score (nSPS) is 16.8. The zero-order valence-electron chi connectivity index (χ0n) is 14.7. The topological polar surface area (TPSA) is 74.4 Å².